The molecule has 3 heteroatoms. The van der Waals surface area contributed by atoms with Gasteiger partial charge in [0.05, 0.1) is 0 Å². The molecule has 0 aliphatic heterocycles. The molecule has 0 bridgehead atoms. The molecule has 0 aliphatic rings. The van der Waals surface area contributed by atoms with Crippen molar-refractivity contribution in [1.29, 1.82) is 0 Å². The molecule has 0 N–H and O–H groups in total. The molecule has 56 valence electrons. The van der Waals surface area contributed by atoms with Gasteiger partial charge in [0, 0.05) is 0 Å². The number of thioether (sulfide) groups is 1. The minimum atomic E-state index is 1.14. The molecule has 0 heterocycles. The quantitative estimate of drug-likeness (QED) is 0.455. The van der Waals surface area contributed by atoms with Gasteiger partial charge in [0.25, 0.3) is 0 Å². The fourth-order valence-electron chi connectivity index (χ4n) is 0.634. The van der Waals surface area contributed by atoms with Crippen molar-refractivity contribution in [3.05, 3.63) is 30.3 Å². The predicted octanol–water partition coefficient (Wildman–Crippen LogP) is 3.44. The summed E-state index contributed by atoms with van der Waals surface area (Å²) in [5.74, 6) is 1.14. The molecule has 0 fully saturated rings. The van der Waals surface area contributed by atoms with Crippen molar-refractivity contribution >= 4 is 25.4 Å². The van der Waals surface area contributed by atoms with Gasteiger partial charge in [0.2, 0.25) is 0 Å². The first-order valence-electron chi connectivity index (χ1n) is 3.29. The van der Waals surface area contributed by atoms with Gasteiger partial charge < -0.3 is 0 Å². The summed E-state index contributed by atoms with van der Waals surface area (Å²) in [5.41, 5.74) is 0. The monoisotopic (exact) mass is 280 g/mol. The number of hydrogen-bond acceptors (Lipinski definition) is 1. The van der Waals surface area contributed by atoms with Crippen LogP contribution < -0.4 is 0 Å². The van der Waals surface area contributed by atoms with E-state index in [1.54, 1.807) is 0 Å². The Kier molecular flexibility index (Phi) is 9.30. The van der Waals surface area contributed by atoms with Gasteiger partial charge in [0.1, 0.15) is 0 Å². The van der Waals surface area contributed by atoms with Crippen molar-refractivity contribution in [2.24, 2.45) is 0 Å². The van der Waals surface area contributed by atoms with Crippen molar-refractivity contribution in [3.8, 4) is 0 Å². The zero-order chi connectivity index (χ0) is 8.53. The van der Waals surface area contributed by atoms with E-state index in [1.807, 2.05) is 23.9 Å². The summed E-state index contributed by atoms with van der Waals surface area (Å²) in [6.07, 6.45) is 0. The van der Waals surface area contributed by atoms with Crippen molar-refractivity contribution in [2.45, 2.75) is 11.8 Å². The predicted molar refractivity (Wildman–Crippen MR) is 50.6 cm³/mol. The Labute approximate surface area is 89.2 Å². The first-order valence-corrected chi connectivity index (χ1v) is 11.2. The summed E-state index contributed by atoms with van der Waals surface area (Å²) in [5, 5.41) is 0. The summed E-state index contributed by atoms with van der Waals surface area (Å²) >= 11 is 6.11. The number of rotatable bonds is 2. The molecular formula is C8H9BrSZn. The first-order chi connectivity index (χ1) is 5.43. The summed E-state index contributed by atoms with van der Waals surface area (Å²) in [6, 6.07) is 11.0. The molecule has 1 aromatic rings. The Morgan fingerprint density at radius 2 is 2.00 bits per heavy atom. The van der Waals surface area contributed by atoms with Gasteiger partial charge in [-0.05, 0) is 5.75 Å². The molecule has 1 aromatic carbocycles. The third-order valence-corrected chi connectivity index (χ3v) is 1.89. The minimum absolute atomic E-state index is 1.14. The van der Waals surface area contributed by atoms with Gasteiger partial charge in [-0.3, -0.25) is 0 Å². The van der Waals surface area contributed by atoms with Crippen LogP contribution >= 0.6 is 25.4 Å². The Bertz CT molecular complexity index is 167. The molecule has 0 unspecified atom stereocenters. The average molecular weight is 283 g/mol. The van der Waals surface area contributed by atoms with Crippen LogP contribution in [-0.4, -0.2) is 5.75 Å². The van der Waals surface area contributed by atoms with Gasteiger partial charge in [-0.1, -0.05) is 6.92 Å². The van der Waals surface area contributed by atoms with Crippen LogP contribution in [-0.2, 0) is 16.3 Å². The summed E-state index contributed by atoms with van der Waals surface area (Å²) in [7, 11) is 0. The van der Waals surface area contributed by atoms with Gasteiger partial charge in [0.15, 0.2) is 0 Å². The standard InChI is InChI=1S/C8H9S.BrH.Zn/c1-2-9-8-6-4-3-5-7-8;;/h4-7H,2H2,1H3;1H;/q-1;;+2/p-1. The Morgan fingerprint density at radius 1 is 1.45 bits per heavy atom. The van der Waals surface area contributed by atoms with Gasteiger partial charge in [-0.15, -0.1) is 4.90 Å². The molecule has 1 rings (SSSR count). The zero-order valence-electron chi connectivity index (χ0n) is 6.51. The van der Waals surface area contributed by atoms with Crippen LogP contribution in [0.5, 0.6) is 0 Å². The summed E-state index contributed by atoms with van der Waals surface area (Å²) in [4.78, 5) is 1.33. The van der Waals surface area contributed by atoms with Crippen LogP contribution in [0.1, 0.15) is 6.92 Å². The maximum atomic E-state index is 3.06. The molecular weight excluding hydrogens is 273 g/mol. The molecule has 0 nitrogen and oxygen atoms in total. The molecule has 0 saturated carbocycles. The molecule has 0 atom stereocenters. The Hall–Kier alpha value is 0.673. The van der Waals surface area contributed by atoms with Crippen LogP contribution in [0.15, 0.2) is 29.2 Å². The molecule has 11 heavy (non-hydrogen) atoms. The van der Waals surface area contributed by atoms with E-state index in [9.17, 15) is 0 Å². The van der Waals surface area contributed by atoms with E-state index in [0.717, 1.165) is 5.75 Å². The molecule has 0 saturated heterocycles. The third-order valence-electron chi connectivity index (χ3n) is 0.999. The fourth-order valence-corrected chi connectivity index (χ4v) is 1.30. The Morgan fingerprint density at radius 3 is 2.45 bits per heavy atom. The van der Waals surface area contributed by atoms with Gasteiger partial charge in [-0.25, -0.2) is 0 Å². The molecule has 0 amide bonds. The van der Waals surface area contributed by atoms with Crippen LogP contribution in [0.4, 0.5) is 0 Å². The second kappa shape index (κ2) is 8.77. The second-order valence-electron chi connectivity index (χ2n) is 1.67. The van der Waals surface area contributed by atoms with E-state index >= 15 is 0 Å². The van der Waals surface area contributed by atoms with E-state index in [1.165, 1.54) is 21.2 Å². The number of hydrogen-bond donors (Lipinski definition) is 0. The van der Waals surface area contributed by atoms with Crippen LogP contribution in [0.3, 0.4) is 0 Å². The summed E-state index contributed by atoms with van der Waals surface area (Å²) < 4.78 is 0. The first kappa shape index (κ1) is 11.7. The van der Waals surface area contributed by atoms with Crippen LogP contribution in [0.25, 0.3) is 0 Å². The van der Waals surface area contributed by atoms with E-state index in [0.29, 0.717) is 0 Å². The second-order valence-corrected chi connectivity index (χ2v) is 3.01. The average Bonchev–Trinajstić information content (AvgIpc) is 2.11. The fraction of sp³-hybridized carbons (Fsp3) is 0.250. The summed E-state index contributed by atoms with van der Waals surface area (Å²) in [6.45, 7) is 2.15. The van der Waals surface area contributed by atoms with Crippen molar-refractivity contribution in [1.82, 2.24) is 0 Å². The van der Waals surface area contributed by atoms with Gasteiger partial charge >= 0.3 is 30.0 Å². The van der Waals surface area contributed by atoms with E-state index in [2.05, 4.69) is 38.7 Å². The van der Waals surface area contributed by atoms with Gasteiger partial charge in [-0.2, -0.15) is 42.1 Å². The normalized spacial score (nSPS) is 8.36. The van der Waals surface area contributed by atoms with Crippen LogP contribution in [0, 0.1) is 6.07 Å². The van der Waals surface area contributed by atoms with Crippen molar-refractivity contribution < 1.29 is 16.3 Å². The van der Waals surface area contributed by atoms with E-state index < -0.39 is 0 Å². The van der Waals surface area contributed by atoms with Crippen LogP contribution in [0.2, 0.25) is 0 Å². The molecule has 0 aromatic heterocycles. The molecule has 0 radical (unpaired) electrons. The molecule has 0 aliphatic carbocycles. The van der Waals surface area contributed by atoms with E-state index in [-0.39, 0.29) is 0 Å². The van der Waals surface area contributed by atoms with E-state index in [4.69, 9.17) is 0 Å². The maximum absolute atomic E-state index is 3.06. The zero-order valence-corrected chi connectivity index (χ0v) is 11.9. The SMILES string of the molecule is CCSc1cc[c-]cc1.[Zn+][Br]. The number of halogens is 1. The number of benzene rings is 1. The van der Waals surface area contributed by atoms with Crippen molar-refractivity contribution in [2.75, 3.05) is 5.75 Å². The topological polar surface area (TPSA) is 0 Å². The van der Waals surface area contributed by atoms with Crippen molar-refractivity contribution in [3.63, 3.8) is 0 Å². The molecule has 0 spiro atoms. The Balaban J connectivity index is 0.000000461. The third kappa shape index (κ3) is 5.89.